The van der Waals surface area contributed by atoms with Crippen molar-refractivity contribution in [1.29, 1.82) is 5.26 Å². The van der Waals surface area contributed by atoms with Crippen molar-refractivity contribution in [2.24, 2.45) is 0 Å². The summed E-state index contributed by atoms with van der Waals surface area (Å²) in [4.78, 5) is 10.5. The molecule has 1 aromatic carbocycles. The Morgan fingerprint density at radius 1 is 1.50 bits per heavy atom. The van der Waals surface area contributed by atoms with Gasteiger partial charge in [-0.05, 0) is 12.1 Å². The minimum absolute atomic E-state index is 0.0958. The Balaban J connectivity index is 2.84. The third-order valence-electron chi connectivity index (χ3n) is 1.56. The van der Waals surface area contributed by atoms with Gasteiger partial charge in [-0.1, -0.05) is 0 Å². The highest BCUT2D eigenvalue weighted by molar-refractivity contribution is 5.87. The zero-order valence-electron chi connectivity index (χ0n) is 7.02. The van der Waals surface area contributed by atoms with Gasteiger partial charge in [-0.2, -0.15) is 10.7 Å². The van der Waals surface area contributed by atoms with Crippen LogP contribution in [-0.4, -0.2) is 11.1 Å². The van der Waals surface area contributed by atoms with Crippen molar-refractivity contribution in [1.82, 2.24) is 5.43 Å². The van der Waals surface area contributed by atoms with Crippen LogP contribution >= 0.6 is 0 Å². The highest BCUT2D eigenvalue weighted by Crippen LogP contribution is 2.04. The van der Waals surface area contributed by atoms with Crippen LogP contribution in [0.15, 0.2) is 24.3 Å². The predicted octanol–water partition coefficient (Wildman–Crippen LogP) is -0.615. The van der Waals surface area contributed by atoms with Gasteiger partial charge in [0, 0.05) is 12.1 Å². The summed E-state index contributed by atoms with van der Waals surface area (Å²) in [5, 5.41) is 27.2. The van der Waals surface area contributed by atoms with E-state index < -0.39 is 11.1 Å². The second kappa shape index (κ2) is 4.23. The third-order valence-corrected chi connectivity index (χ3v) is 1.56. The zero-order chi connectivity index (χ0) is 10.6. The molecule has 0 saturated heterocycles. The molecule has 1 rings (SSSR count). The molecule has 1 unspecified atom stereocenters. The van der Waals surface area contributed by atoms with E-state index in [1.54, 1.807) is 0 Å². The van der Waals surface area contributed by atoms with Gasteiger partial charge in [-0.15, -0.1) is 0 Å². The Bertz CT molecular complexity index is 368. The highest BCUT2D eigenvalue weighted by Gasteiger charge is 2.05. The Hall–Kier alpha value is -2.10. The standard InChI is InChI=1S/C8H7N3O3/c9-5-10-11(14)7-3-1-6(2-4-7)8(12)13/h1-4,10-11H,(H,12,13). The number of nitrogens with zero attached hydrogens (tertiary/aromatic N) is 1. The first-order chi connectivity index (χ1) is 6.65. The lowest BCUT2D eigenvalue weighted by atomic mass is 10.2. The van der Waals surface area contributed by atoms with Crippen molar-refractivity contribution in [2.45, 2.75) is 0 Å². The smallest absolute Gasteiger partial charge is 0.335 e. The lowest BCUT2D eigenvalue weighted by Gasteiger charge is -2.17. The number of nitrogens with one attached hydrogen (secondary N) is 2. The van der Waals surface area contributed by atoms with E-state index in [-0.39, 0.29) is 11.3 Å². The zero-order valence-corrected chi connectivity index (χ0v) is 7.02. The summed E-state index contributed by atoms with van der Waals surface area (Å²) in [6.45, 7) is 0. The number of carboxylic acid groups (broad SMARTS) is 1. The molecular formula is C8H7N3O3. The van der Waals surface area contributed by atoms with Crippen LogP contribution in [0.3, 0.4) is 0 Å². The van der Waals surface area contributed by atoms with Gasteiger partial charge >= 0.3 is 5.97 Å². The lowest BCUT2D eigenvalue weighted by Crippen LogP contribution is -3.08. The number of rotatable bonds is 3. The van der Waals surface area contributed by atoms with E-state index in [0.717, 1.165) is 0 Å². The van der Waals surface area contributed by atoms with Crippen molar-refractivity contribution in [2.75, 3.05) is 0 Å². The van der Waals surface area contributed by atoms with E-state index >= 15 is 0 Å². The average molecular weight is 193 g/mol. The van der Waals surface area contributed by atoms with Crippen LogP contribution in [0.2, 0.25) is 0 Å². The molecule has 0 bridgehead atoms. The normalized spacial score (nSPS) is 11.4. The fourth-order valence-electron chi connectivity index (χ4n) is 0.887. The van der Waals surface area contributed by atoms with E-state index in [4.69, 9.17) is 10.4 Å². The number of aromatic carboxylic acids is 1. The molecular weight excluding hydrogens is 186 g/mol. The Labute approximate surface area is 79.5 Å². The molecule has 14 heavy (non-hydrogen) atoms. The van der Waals surface area contributed by atoms with E-state index in [2.05, 4.69) is 0 Å². The van der Waals surface area contributed by atoms with Crippen LogP contribution in [0.1, 0.15) is 10.4 Å². The average Bonchev–Trinajstić information content (AvgIpc) is 2.18. The van der Waals surface area contributed by atoms with Crippen LogP contribution < -0.4 is 10.6 Å². The monoisotopic (exact) mass is 193 g/mol. The predicted molar refractivity (Wildman–Crippen MR) is 46.1 cm³/mol. The van der Waals surface area contributed by atoms with Crippen molar-refractivity contribution in [3.05, 3.63) is 35.0 Å². The fraction of sp³-hybridized carbons (Fsp3) is 0. The number of carbonyl (C=O) groups is 1. The maximum atomic E-state index is 11.0. The Morgan fingerprint density at radius 2 is 2.07 bits per heavy atom. The fourth-order valence-corrected chi connectivity index (χ4v) is 0.887. The molecule has 1 atom stereocenters. The summed E-state index contributed by atoms with van der Waals surface area (Å²) in [6, 6.07) is 5.29. The lowest BCUT2D eigenvalue weighted by molar-refractivity contribution is -0.819. The second-order valence-electron chi connectivity index (χ2n) is 2.45. The van der Waals surface area contributed by atoms with E-state index in [0.29, 0.717) is 0 Å². The summed E-state index contributed by atoms with van der Waals surface area (Å²) >= 11 is 0. The SMILES string of the molecule is N#CN[NH+]([O-])c1ccc(C(=O)O)cc1. The van der Waals surface area contributed by atoms with Gasteiger partial charge in [0.05, 0.1) is 5.56 Å². The number of nitriles is 1. The summed E-state index contributed by atoms with van der Waals surface area (Å²) in [5.41, 5.74) is 2.27. The molecule has 1 aromatic rings. The molecule has 0 aliphatic carbocycles. The molecule has 0 fully saturated rings. The second-order valence-corrected chi connectivity index (χ2v) is 2.45. The van der Waals surface area contributed by atoms with E-state index in [1.165, 1.54) is 30.5 Å². The maximum absolute atomic E-state index is 11.0. The minimum atomic E-state index is -1.06. The van der Waals surface area contributed by atoms with Gasteiger partial charge in [0.2, 0.25) is 6.19 Å². The first-order valence-electron chi connectivity index (χ1n) is 3.68. The number of quaternary nitrogens is 1. The van der Waals surface area contributed by atoms with Crippen molar-refractivity contribution in [3.8, 4) is 6.19 Å². The van der Waals surface area contributed by atoms with Crippen LogP contribution in [0.5, 0.6) is 0 Å². The largest absolute Gasteiger partial charge is 0.602 e. The molecule has 72 valence electrons. The molecule has 0 aliphatic heterocycles. The van der Waals surface area contributed by atoms with Gasteiger partial charge in [0.1, 0.15) is 0 Å². The molecule has 0 aliphatic rings. The third kappa shape index (κ3) is 2.20. The van der Waals surface area contributed by atoms with Crippen molar-refractivity contribution in [3.63, 3.8) is 0 Å². The molecule has 3 N–H and O–H groups in total. The van der Waals surface area contributed by atoms with Crippen LogP contribution in [0, 0.1) is 16.7 Å². The van der Waals surface area contributed by atoms with Gasteiger partial charge in [-0.3, -0.25) is 0 Å². The van der Waals surface area contributed by atoms with Crippen LogP contribution in [0.4, 0.5) is 5.69 Å². The molecule has 0 spiro atoms. The minimum Gasteiger partial charge on any atom is -0.602 e. The first kappa shape index (κ1) is 9.98. The molecule has 0 amide bonds. The van der Waals surface area contributed by atoms with Gasteiger partial charge in [-0.25, -0.2) is 9.97 Å². The summed E-state index contributed by atoms with van der Waals surface area (Å²) in [7, 11) is 0. The molecule has 0 saturated carbocycles. The molecule has 0 aromatic heterocycles. The summed E-state index contributed by atoms with van der Waals surface area (Å²) < 4.78 is 0. The van der Waals surface area contributed by atoms with Gasteiger partial charge < -0.3 is 10.3 Å². The molecule has 0 radical (unpaired) electrons. The maximum Gasteiger partial charge on any atom is 0.335 e. The molecule has 6 heteroatoms. The van der Waals surface area contributed by atoms with E-state index in [1.807, 2.05) is 5.43 Å². The quantitative estimate of drug-likeness (QED) is 0.337. The topological polar surface area (TPSA) is 101 Å². The Kier molecular flexibility index (Phi) is 3.01. The van der Waals surface area contributed by atoms with Crippen LogP contribution in [0.25, 0.3) is 0 Å². The Morgan fingerprint density at radius 3 is 2.50 bits per heavy atom. The number of carboxylic acids is 1. The van der Waals surface area contributed by atoms with Crippen molar-refractivity contribution >= 4 is 11.7 Å². The highest BCUT2D eigenvalue weighted by atomic mass is 16.5. The molecule has 0 heterocycles. The van der Waals surface area contributed by atoms with E-state index in [9.17, 15) is 10.0 Å². The van der Waals surface area contributed by atoms with Gasteiger partial charge in [0.25, 0.3) is 0 Å². The summed E-state index contributed by atoms with van der Waals surface area (Å²) in [5.74, 6) is -1.06. The van der Waals surface area contributed by atoms with Crippen LogP contribution in [-0.2, 0) is 0 Å². The molecule has 6 nitrogen and oxygen atoms in total. The van der Waals surface area contributed by atoms with Gasteiger partial charge in [0.15, 0.2) is 5.69 Å². The number of hydrogen-bond donors (Lipinski definition) is 3. The number of hydrogen-bond acceptors (Lipinski definition) is 4. The first-order valence-corrected chi connectivity index (χ1v) is 3.68. The number of benzene rings is 1. The van der Waals surface area contributed by atoms with Crippen molar-refractivity contribution < 1.29 is 15.1 Å². The summed E-state index contributed by atoms with van der Waals surface area (Å²) in [6.07, 6.45) is 1.49.